The van der Waals surface area contributed by atoms with E-state index in [4.69, 9.17) is 0 Å². The van der Waals surface area contributed by atoms with E-state index in [1.165, 1.54) is 0 Å². The Balaban J connectivity index is 2.55. The maximum atomic E-state index is 10.3. The average molecular weight is 112 g/mol. The summed E-state index contributed by atoms with van der Waals surface area (Å²) in [7, 11) is 0. The molecule has 1 aliphatic heterocycles. The molecule has 2 nitrogen and oxygen atoms in total. The van der Waals surface area contributed by atoms with Crippen molar-refractivity contribution >= 4 is 5.97 Å². The summed E-state index contributed by atoms with van der Waals surface area (Å²) in [6.07, 6.45) is 2.34. The van der Waals surface area contributed by atoms with Gasteiger partial charge in [0, 0.05) is 0 Å². The van der Waals surface area contributed by atoms with Crippen molar-refractivity contribution in [2.24, 2.45) is 0 Å². The Morgan fingerprint density at radius 2 is 2.50 bits per heavy atom. The van der Waals surface area contributed by atoms with Crippen LogP contribution in [0.1, 0.15) is 13.3 Å². The fraction of sp³-hybridized carbons (Fsp3) is 0.500. The van der Waals surface area contributed by atoms with Gasteiger partial charge < -0.3 is 4.74 Å². The van der Waals surface area contributed by atoms with Gasteiger partial charge in [0.05, 0.1) is 6.42 Å². The lowest BCUT2D eigenvalue weighted by molar-refractivity contribution is -0.142. The molecule has 0 aliphatic carbocycles. The standard InChI is InChI=1S/C6H8O2/c1-5-2-3-6(7)8-4-5/h2H,3-4H2,1H3. The highest BCUT2D eigenvalue weighted by Gasteiger charge is 2.05. The van der Waals surface area contributed by atoms with Gasteiger partial charge in [0.2, 0.25) is 0 Å². The maximum absolute atomic E-state index is 10.3. The van der Waals surface area contributed by atoms with Crippen LogP contribution in [0.2, 0.25) is 0 Å². The summed E-state index contributed by atoms with van der Waals surface area (Å²) in [5.74, 6) is -0.115. The molecule has 0 aromatic carbocycles. The quantitative estimate of drug-likeness (QED) is 0.343. The Kier molecular flexibility index (Phi) is 1.33. The Hall–Kier alpha value is -0.790. The SMILES string of the molecule is CC1=CCC(=O)OC1. The molecule has 0 radical (unpaired) electrons. The van der Waals surface area contributed by atoms with E-state index >= 15 is 0 Å². The summed E-state index contributed by atoms with van der Waals surface area (Å²) >= 11 is 0. The van der Waals surface area contributed by atoms with E-state index in [1.54, 1.807) is 0 Å². The van der Waals surface area contributed by atoms with Gasteiger partial charge in [-0.3, -0.25) is 4.79 Å². The van der Waals surface area contributed by atoms with Crippen LogP contribution in [0.15, 0.2) is 11.6 Å². The fourth-order valence-corrected chi connectivity index (χ4v) is 0.570. The lowest BCUT2D eigenvalue weighted by atomic mass is 10.2. The normalized spacial score (nSPS) is 19.6. The highest BCUT2D eigenvalue weighted by Crippen LogP contribution is 2.04. The van der Waals surface area contributed by atoms with Gasteiger partial charge in [0.15, 0.2) is 0 Å². The van der Waals surface area contributed by atoms with E-state index in [0.29, 0.717) is 13.0 Å². The molecule has 0 bridgehead atoms. The van der Waals surface area contributed by atoms with Crippen LogP contribution >= 0.6 is 0 Å². The smallest absolute Gasteiger partial charge is 0.309 e. The zero-order chi connectivity index (χ0) is 5.98. The van der Waals surface area contributed by atoms with Crippen LogP contribution in [0.3, 0.4) is 0 Å². The highest BCUT2D eigenvalue weighted by molar-refractivity contribution is 5.72. The molecule has 1 heterocycles. The summed E-state index contributed by atoms with van der Waals surface area (Å²) in [5.41, 5.74) is 1.14. The second-order valence-corrected chi connectivity index (χ2v) is 1.92. The molecule has 1 rings (SSSR count). The molecule has 0 aromatic heterocycles. The van der Waals surface area contributed by atoms with Crippen LogP contribution in [0.5, 0.6) is 0 Å². The van der Waals surface area contributed by atoms with Crippen molar-refractivity contribution in [2.75, 3.05) is 6.61 Å². The van der Waals surface area contributed by atoms with Crippen molar-refractivity contribution in [3.05, 3.63) is 11.6 Å². The molecule has 0 unspecified atom stereocenters. The van der Waals surface area contributed by atoms with Crippen LogP contribution < -0.4 is 0 Å². The second-order valence-electron chi connectivity index (χ2n) is 1.92. The number of cyclic esters (lactones) is 1. The minimum Gasteiger partial charge on any atom is -0.461 e. The second kappa shape index (κ2) is 1.99. The Bertz CT molecular complexity index is 135. The van der Waals surface area contributed by atoms with Gasteiger partial charge in [0.1, 0.15) is 6.61 Å². The molecule has 0 N–H and O–H groups in total. The monoisotopic (exact) mass is 112 g/mol. The first kappa shape index (κ1) is 5.35. The van der Waals surface area contributed by atoms with Crippen molar-refractivity contribution in [1.82, 2.24) is 0 Å². The molecular weight excluding hydrogens is 104 g/mol. The van der Waals surface area contributed by atoms with Crippen molar-refractivity contribution in [1.29, 1.82) is 0 Å². The molecule has 0 saturated heterocycles. The summed E-state index contributed by atoms with van der Waals surface area (Å²) in [6, 6.07) is 0. The Labute approximate surface area is 48.1 Å². The first-order valence-corrected chi connectivity index (χ1v) is 2.60. The molecule has 2 heteroatoms. The van der Waals surface area contributed by atoms with E-state index in [-0.39, 0.29) is 5.97 Å². The van der Waals surface area contributed by atoms with E-state index in [1.807, 2.05) is 13.0 Å². The molecule has 0 saturated carbocycles. The number of hydrogen-bond donors (Lipinski definition) is 0. The molecule has 0 atom stereocenters. The Morgan fingerprint density at radius 1 is 1.75 bits per heavy atom. The molecule has 1 aliphatic rings. The van der Waals surface area contributed by atoms with E-state index in [0.717, 1.165) is 5.57 Å². The van der Waals surface area contributed by atoms with Crippen LogP contribution in [-0.4, -0.2) is 12.6 Å². The number of esters is 1. The van der Waals surface area contributed by atoms with E-state index in [9.17, 15) is 4.79 Å². The predicted octanol–water partition coefficient (Wildman–Crippen LogP) is 0.880. The lowest BCUT2D eigenvalue weighted by Crippen LogP contribution is -2.10. The summed E-state index contributed by atoms with van der Waals surface area (Å²) < 4.78 is 4.68. The number of carbonyl (C=O) groups is 1. The minimum absolute atomic E-state index is 0.115. The number of carbonyl (C=O) groups excluding carboxylic acids is 1. The average Bonchev–Trinajstić information content (AvgIpc) is 1.77. The summed E-state index contributed by atoms with van der Waals surface area (Å²) in [5, 5.41) is 0. The zero-order valence-corrected chi connectivity index (χ0v) is 4.81. The number of rotatable bonds is 0. The van der Waals surface area contributed by atoms with Crippen LogP contribution in [-0.2, 0) is 9.53 Å². The zero-order valence-electron chi connectivity index (χ0n) is 4.81. The predicted molar refractivity (Wildman–Crippen MR) is 29.3 cm³/mol. The fourth-order valence-electron chi connectivity index (χ4n) is 0.570. The molecular formula is C6H8O2. The summed E-state index contributed by atoms with van der Waals surface area (Å²) in [4.78, 5) is 10.3. The molecule has 0 aromatic rings. The molecule has 0 spiro atoms. The van der Waals surface area contributed by atoms with E-state index < -0.39 is 0 Å². The molecule has 44 valence electrons. The highest BCUT2D eigenvalue weighted by atomic mass is 16.5. The van der Waals surface area contributed by atoms with Crippen molar-refractivity contribution in [3.63, 3.8) is 0 Å². The van der Waals surface area contributed by atoms with Crippen molar-refractivity contribution < 1.29 is 9.53 Å². The van der Waals surface area contributed by atoms with Crippen LogP contribution in [0.4, 0.5) is 0 Å². The van der Waals surface area contributed by atoms with Crippen LogP contribution in [0, 0.1) is 0 Å². The Morgan fingerprint density at radius 3 is 2.88 bits per heavy atom. The van der Waals surface area contributed by atoms with Gasteiger partial charge in [0.25, 0.3) is 0 Å². The first-order chi connectivity index (χ1) is 3.79. The van der Waals surface area contributed by atoms with Gasteiger partial charge in [-0.1, -0.05) is 6.08 Å². The molecule has 0 amide bonds. The third-order valence-electron chi connectivity index (χ3n) is 1.08. The van der Waals surface area contributed by atoms with E-state index in [2.05, 4.69) is 4.74 Å². The third-order valence-corrected chi connectivity index (χ3v) is 1.08. The van der Waals surface area contributed by atoms with Gasteiger partial charge in [-0.2, -0.15) is 0 Å². The number of hydrogen-bond acceptors (Lipinski definition) is 2. The lowest BCUT2D eigenvalue weighted by Gasteiger charge is -2.07. The van der Waals surface area contributed by atoms with Gasteiger partial charge >= 0.3 is 5.97 Å². The van der Waals surface area contributed by atoms with Crippen LogP contribution in [0.25, 0.3) is 0 Å². The molecule has 0 fully saturated rings. The number of ether oxygens (including phenoxy) is 1. The van der Waals surface area contributed by atoms with Gasteiger partial charge in [-0.05, 0) is 12.5 Å². The van der Waals surface area contributed by atoms with Crippen molar-refractivity contribution in [3.8, 4) is 0 Å². The summed E-state index contributed by atoms with van der Waals surface area (Å²) in [6.45, 7) is 2.44. The van der Waals surface area contributed by atoms with Gasteiger partial charge in [-0.15, -0.1) is 0 Å². The first-order valence-electron chi connectivity index (χ1n) is 2.60. The third kappa shape index (κ3) is 1.09. The van der Waals surface area contributed by atoms with Crippen molar-refractivity contribution in [2.45, 2.75) is 13.3 Å². The topological polar surface area (TPSA) is 26.3 Å². The largest absolute Gasteiger partial charge is 0.461 e. The minimum atomic E-state index is -0.115. The maximum Gasteiger partial charge on any atom is 0.309 e. The van der Waals surface area contributed by atoms with Gasteiger partial charge in [-0.25, -0.2) is 0 Å². The molecule has 8 heavy (non-hydrogen) atoms.